The van der Waals surface area contributed by atoms with Crippen molar-refractivity contribution in [1.29, 1.82) is 0 Å². The summed E-state index contributed by atoms with van der Waals surface area (Å²) in [5.74, 6) is -0.128. The van der Waals surface area contributed by atoms with Gasteiger partial charge in [-0.25, -0.2) is 0 Å². The van der Waals surface area contributed by atoms with E-state index >= 15 is 0 Å². The maximum absolute atomic E-state index is 12.4. The van der Waals surface area contributed by atoms with E-state index in [2.05, 4.69) is 5.32 Å². The molecule has 0 saturated heterocycles. The van der Waals surface area contributed by atoms with Gasteiger partial charge in [0.2, 0.25) is 0 Å². The summed E-state index contributed by atoms with van der Waals surface area (Å²) in [6, 6.07) is 9.46. The number of amides is 1. The minimum atomic E-state index is -0.629. The molecule has 2 rings (SSSR count). The number of nitro benzene ring substituents is 1. The number of carbonyl (C=O) groups is 1. The largest absolute Gasteiger partial charge is 0.493 e. The maximum atomic E-state index is 12.4. The number of hydrogen-bond donors (Lipinski definition) is 1. The summed E-state index contributed by atoms with van der Waals surface area (Å²) < 4.78 is 10.5. The van der Waals surface area contributed by atoms with Crippen molar-refractivity contribution in [3.63, 3.8) is 0 Å². The average molecular weight is 365 g/mol. The predicted molar refractivity (Wildman–Crippen MR) is 93.4 cm³/mol. The maximum Gasteiger partial charge on any atom is 0.286 e. The first-order valence-corrected chi connectivity index (χ1v) is 7.86. The van der Waals surface area contributed by atoms with Crippen LogP contribution in [0.3, 0.4) is 0 Å². The summed E-state index contributed by atoms with van der Waals surface area (Å²) in [7, 11) is 1.40. The molecule has 0 radical (unpaired) electrons. The van der Waals surface area contributed by atoms with E-state index in [0.29, 0.717) is 11.6 Å². The third-order valence-corrected chi connectivity index (χ3v) is 3.60. The van der Waals surface area contributed by atoms with E-state index in [-0.39, 0.29) is 29.3 Å². The molecular formula is C17H17ClN2O5. The van der Waals surface area contributed by atoms with Gasteiger partial charge >= 0.3 is 0 Å². The number of rotatable bonds is 7. The summed E-state index contributed by atoms with van der Waals surface area (Å²) in [6.07, 6.45) is 0. The highest BCUT2D eigenvalue weighted by Crippen LogP contribution is 2.34. The molecule has 25 heavy (non-hydrogen) atoms. The monoisotopic (exact) mass is 364 g/mol. The summed E-state index contributed by atoms with van der Waals surface area (Å²) in [5, 5.41) is 14.5. The van der Waals surface area contributed by atoms with E-state index in [4.69, 9.17) is 21.1 Å². The molecule has 0 aromatic heterocycles. The Labute approximate surface area is 149 Å². The molecule has 0 heterocycles. The Balaban J connectivity index is 2.29. The SMILES string of the molecule is CCOc1cc([N+](=O)[O-])c(C(=O)NCc2cccc(Cl)c2)cc1OC. The van der Waals surface area contributed by atoms with Crippen molar-refractivity contribution in [2.45, 2.75) is 13.5 Å². The zero-order valence-electron chi connectivity index (χ0n) is 13.7. The van der Waals surface area contributed by atoms with Gasteiger partial charge in [-0.1, -0.05) is 23.7 Å². The number of hydrogen-bond acceptors (Lipinski definition) is 5. The Morgan fingerprint density at radius 3 is 2.64 bits per heavy atom. The molecule has 0 saturated carbocycles. The molecule has 0 bridgehead atoms. The number of ether oxygens (including phenoxy) is 2. The van der Waals surface area contributed by atoms with Gasteiger partial charge in [-0.05, 0) is 24.6 Å². The van der Waals surface area contributed by atoms with Crippen molar-refractivity contribution in [3.05, 3.63) is 62.7 Å². The van der Waals surface area contributed by atoms with Crippen LogP contribution in [0.2, 0.25) is 5.02 Å². The molecule has 0 aliphatic carbocycles. The van der Waals surface area contributed by atoms with E-state index in [1.807, 2.05) is 0 Å². The molecule has 2 aromatic carbocycles. The van der Waals surface area contributed by atoms with Gasteiger partial charge in [0.25, 0.3) is 11.6 Å². The van der Waals surface area contributed by atoms with Crippen molar-refractivity contribution in [2.75, 3.05) is 13.7 Å². The molecule has 0 fully saturated rings. The molecule has 8 heteroatoms. The molecule has 0 atom stereocenters. The van der Waals surface area contributed by atoms with Crippen LogP contribution in [0.1, 0.15) is 22.8 Å². The third kappa shape index (κ3) is 4.60. The highest BCUT2D eigenvalue weighted by atomic mass is 35.5. The van der Waals surface area contributed by atoms with Crippen molar-refractivity contribution in [2.24, 2.45) is 0 Å². The molecule has 0 aliphatic heterocycles. The predicted octanol–water partition coefficient (Wildman–Crippen LogP) is 3.59. The molecule has 1 amide bonds. The van der Waals surface area contributed by atoms with E-state index < -0.39 is 10.8 Å². The quantitative estimate of drug-likeness (QED) is 0.599. The molecule has 2 aromatic rings. The van der Waals surface area contributed by atoms with Crippen LogP contribution in [-0.4, -0.2) is 24.5 Å². The van der Waals surface area contributed by atoms with Gasteiger partial charge in [0.15, 0.2) is 11.5 Å². The van der Waals surface area contributed by atoms with Gasteiger partial charge in [-0.3, -0.25) is 14.9 Å². The number of nitro groups is 1. The van der Waals surface area contributed by atoms with Crippen molar-refractivity contribution < 1.29 is 19.2 Å². The van der Waals surface area contributed by atoms with Gasteiger partial charge < -0.3 is 14.8 Å². The number of halogens is 1. The fourth-order valence-corrected chi connectivity index (χ4v) is 2.45. The highest BCUT2D eigenvalue weighted by Gasteiger charge is 2.24. The fourth-order valence-electron chi connectivity index (χ4n) is 2.23. The van der Waals surface area contributed by atoms with E-state index in [1.54, 1.807) is 31.2 Å². The number of nitrogens with one attached hydrogen (secondary N) is 1. The zero-order chi connectivity index (χ0) is 18.4. The van der Waals surface area contributed by atoms with Gasteiger partial charge in [0.1, 0.15) is 5.56 Å². The number of carbonyl (C=O) groups excluding carboxylic acids is 1. The molecule has 1 N–H and O–H groups in total. The summed E-state index contributed by atoms with van der Waals surface area (Å²) in [6.45, 7) is 2.25. The smallest absolute Gasteiger partial charge is 0.286 e. The lowest BCUT2D eigenvalue weighted by Gasteiger charge is -2.12. The third-order valence-electron chi connectivity index (χ3n) is 3.37. The van der Waals surface area contributed by atoms with Crippen LogP contribution in [0.5, 0.6) is 11.5 Å². The average Bonchev–Trinajstić information content (AvgIpc) is 2.59. The van der Waals surface area contributed by atoms with Crippen LogP contribution in [0.25, 0.3) is 0 Å². The van der Waals surface area contributed by atoms with Crippen LogP contribution < -0.4 is 14.8 Å². The second-order valence-corrected chi connectivity index (χ2v) is 5.46. The normalized spacial score (nSPS) is 10.2. The summed E-state index contributed by atoms with van der Waals surface area (Å²) in [5.41, 5.74) is 0.321. The lowest BCUT2D eigenvalue weighted by Crippen LogP contribution is -2.23. The summed E-state index contributed by atoms with van der Waals surface area (Å²) >= 11 is 5.90. The molecule has 0 aliphatic rings. The second-order valence-electron chi connectivity index (χ2n) is 5.02. The van der Waals surface area contributed by atoms with Crippen LogP contribution in [0.4, 0.5) is 5.69 Å². The first-order chi connectivity index (χ1) is 12.0. The Morgan fingerprint density at radius 2 is 2.04 bits per heavy atom. The van der Waals surface area contributed by atoms with Crippen LogP contribution in [0.15, 0.2) is 36.4 Å². The highest BCUT2D eigenvalue weighted by molar-refractivity contribution is 6.30. The molecule has 132 valence electrons. The number of methoxy groups -OCH3 is 1. The van der Waals surface area contributed by atoms with Gasteiger partial charge in [-0.15, -0.1) is 0 Å². The van der Waals surface area contributed by atoms with Gasteiger partial charge in [0.05, 0.1) is 24.7 Å². The molecule has 7 nitrogen and oxygen atoms in total. The first kappa shape index (κ1) is 18.5. The van der Waals surface area contributed by atoms with Crippen molar-refractivity contribution in [3.8, 4) is 11.5 Å². The molecule has 0 unspecified atom stereocenters. The van der Waals surface area contributed by atoms with Crippen molar-refractivity contribution >= 4 is 23.2 Å². The zero-order valence-corrected chi connectivity index (χ0v) is 14.5. The molecular weight excluding hydrogens is 348 g/mol. The topological polar surface area (TPSA) is 90.7 Å². The molecule has 0 spiro atoms. The van der Waals surface area contributed by atoms with E-state index in [0.717, 1.165) is 5.56 Å². The fraction of sp³-hybridized carbons (Fsp3) is 0.235. The number of benzene rings is 2. The van der Waals surface area contributed by atoms with Crippen LogP contribution in [0, 0.1) is 10.1 Å². The van der Waals surface area contributed by atoms with Gasteiger partial charge in [-0.2, -0.15) is 0 Å². The van der Waals surface area contributed by atoms with E-state index in [1.165, 1.54) is 19.2 Å². The lowest BCUT2D eigenvalue weighted by molar-refractivity contribution is -0.385. The lowest BCUT2D eigenvalue weighted by atomic mass is 10.1. The van der Waals surface area contributed by atoms with Crippen LogP contribution in [-0.2, 0) is 6.54 Å². The van der Waals surface area contributed by atoms with Crippen LogP contribution >= 0.6 is 11.6 Å². The number of nitrogens with zero attached hydrogens (tertiary/aromatic N) is 1. The van der Waals surface area contributed by atoms with Gasteiger partial charge in [0, 0.05) is 17.6 Å². The second kappa shape index (κ2) is 8.34. The Kier molecular flexibility index (Phi) is 6.19. The Morgan fingerprint density at radius 1 is 1.28 bits per heavy atom. The minimum absolute atomic E-state index is 0.104. The van der Waals surface area contributed by atoms with E-state index in [9.17, 15) is 14.9 Å². The Bertz CT molecular complexity index is 795. The Hall–Kier alpha value is -2.80. The first-order valence-electron chi connectivity index (χ1n) is 7.48. The minimum Gasteiger partial charge on any atom is -0.493 e. The van der Waals surface area contributed by atoms with Crippen molar-refractivity contribution in [1.82, 2.24) is 5.32 Å². The standard InChI is InChI=1S/C17H17ClN2O5/c1-3-25-16-9-14(20(22)23)13(8-15(16)24-2)17(21)19-10-11-5-4-6-12(18)7-11/h4-9H,3,10H2,1-2H3,(H,19,21). The summed E-state index contributed by atoms with van der Waals surface area (Å²) in [4.78, 5) is 23.1.